The van der Waals surface area contributed by atoms with Crippen molar-refractivity contribution in [2.45, 2.75) is 6.10 Å². The Hall–Kier alpha value is -3.49. The first-order chi connectivity index (χ1) is 14.4. The van der Waals surface area contributed by atoms with Crippen molar-refractivity contribution in [2.75, 3.05) is 6.54 Å². The Balaban J connectivity index is 1.57. The fourth-order valence-corrected chi connectivity index (χ4v) is 3.39. The number of nitrogens with zero attached hydrogens (tertiary/aromatic N) is 4. The Labute approximate surface area is 177 Å². The van der Waals surface area contributed by atoms with E-state index in [2.05, 4.69) is 20.1 Å². The number of fused-ring (bicyclic) bond motifs is 1. The number of nitrogens with one attached hydrogen (secondary N) is 1. The van der Waals surface area contributed by atoms with Gasteiger partial charge in [0.2, 0.25) is 0 Å². The molecule has 8 nitrogen and oxygen atoms in total. The topological polar surface area (TPSA) is 122 Å². The summed E-state index contributed by atoms with van der Waals surface area (Å²) in [5, 5.41) is 15.6. The molecule has 0 bridgehead atoms. The second-order valence-corrected chi connectivity index (χ2v) is 7.22. The molecule has 0 aliphatic heterocycles. The Morgan fingerprint density at radius 1 is 1.33 bits per heavy atom. The van der Waals surface area contributed by atoms with Crippen molar-refractivity contribution in [1.29, 1.82) is 0 Å². The van der Waals surface area contributed by atoms with Gasteiger partial charge in [-0.25, -0.2) is 4.98 Å². The third-order valence-corrected chi connectivity index (χ3v) is 5.10. The number of aliphatic hydroxyl groups excluding tert-OH is 1. The molecular formula is C21H19ClN6O2. The summed E-state index contributed by atoms with van der Waals surface area (Å²) in [5.41, 5.74) is 9.13. The van der Waals surface area contributed by atoms with Crippen LogP contribution in [0.1, 0.15) is 22.0 Å². The van der Waals surface area contributed by atoms with Crippen LogP contribution in [0.4, 0.5) is 0 Å². The van der Waals surface area contributed by atoms with Gasteiger partial charge < -0.3 is 15.8 Å². The molecule has 0 aliphatic rings. The van der Waals surface area contributed by atoms with Crippen molar-refractivity contribution in [1.82, 2.24) is 19.7 Å². The lowest BCUT2D eigenvalue weighted by Crippen LogP contribution is -2.23. The van der Waals surface area contributed by atoms with Crippen molar-refractivity contribution < 1.29 is 9.90 Å². The van der Waals surface area contributed by atoms with Crippen LogP contribution in [0.5, 0.6) is 0 Å². The predicted molar refractivity (Wildman–Crippen MR) is 116 cm³/mol. The number of H-pyrrole nitrogens is 1. The van der Waals surface area contributed by atoms with Crippen molar-refractivity contribution >= 4 is 34.3 Å². The van der Waals surface area contributed by atoms with Crippen molar-refractivity contribution in [3.8, 4) is 11.1 Å². The summed E-state index contributed by atoms with van der Waals surface area (Å²) >= 11 is 6.08. The van der Waals surface area contributed by atoms with E-state index in [1.54, 1.807) is 47.5 Å². The second-order valence-electron chi connectivity index (χ2n) is 6.81. The van der Waals surface area contributed by atoms with Crippen molar-refractivity contribution in [3.05, 3.63) is 71.3 Å². The highest BCUT2D eigenvalue weighted by molar-refractivity contribution is 6.31. The Bertz CT molecular complexity index is 1260. The zero-order valence-corrected chi connectivity index (χ0v) is 16.8. The number of hydrogen-bond acceptors (Lipinski definition) is 5. The molecule has 30 heavy (non-hydrogen) atoms. The summed E-state index contributed by atoms with van der Waals surface area (Å²) in [6.07, 6.45) is 5.74. The van der Waals surface area contributed by atoms with Gasteiger partial charge >= 0.3 is 0 Å². The molecule has 0 spiro atoms. The van der Waals surface area contributed by atoms with E-state index in [0.717, 1.165) is 11.1 Å². The normalized spacial score (nSPS) is 13.0. The molecule has 0 aliphatic carbocycles. The van der Waals surface area contributed by atoms with Gasteiger partial charge in [-0.15, -0.1) is 0 Å². The zero-order chi connectivity index (χ0) is 21.3. The molecule has 0 saturated carbocycles. The number of aliphatic imine (C=N–C) groups is 1. The van der Waals surface area contributed by atoms with Crippen LogP contribution in [-0.4, -0.2) is 43.0 Å². The van der Waals surface area contributed by atoms with Crippen LogP contribution in [0.15, 0.2) is 60.1 Å². The highest BCUT2D eigenvalue weighted by Gasteiger charge is 2.17. The molecule has 4 N–H and O–H groups in total. The fourth-order valence-electron chi connectivity index (χ4n) is 3.15. The first kappa shape index (κ1) is 19.8. The molecule has 4 aromatic rings. The number of aromatic amines is 1. The third kappa shape index (κ3) is 3.83. The number of aliphatic hydroxyl groups is 1. The van der Waals surface area contributed by atoms with Crippen LogP contribution in [0.3, 0.4) is 0 Å². The minimum atomic E-state index is -1.19. The van der Waals surface area contributed by atoms with Crippen molar-refractivity contribution in [3.63, 3.8) is 0 Å². The molecule has 0 radical (unpaired) electrons. The monoisotopic (exact) mass is 422 g/mol. The van der Waals surface area contributed by atoms with E-state index in [0.29, 0.717) is 27.2 Å². The standard InChI is InChI=1S/C21H19ClN6O2/c1-28-11-13(8-27-28)12-6-15-16(9-26-21(15)25-7-12)18(29)10-24-20(23)19(30)14-4-2-3-5-17(14)22/h2-9,11,19,30H,10H2,1H3,(H2,23,24)(H,25,26). The summed E-state index contributed by atoms with van der Waals surface area (Å²) in [7, 11) is 1.83. The number of halogens is 1. The van der Waals surface area contributed by atoms with Gasteiger partial charge in [-0.1, -0.05) is 29.8 Å². The lowest BCUT2D eigenvalue weighted by atomic mass is 10.1. The lowest BCUT2D eigenvalue weighted by Gasteiger charge is -2.12. The number of benzene rings is 1. The summed E-state index contributed by atoms with van der Waals surface area (Å²) in [4.78, 5) is 24.2. The van der Waals surface area contributed by atoms with Gasteiger partial charge in [0.15, 0.2) is 5.78 Å². The van der Waals surface area contributed by atoms with E-state index >= 15 is 0 Å². The first-order valence-corrected chi connectivity index (χ1v) is 9.53. The van der Waals surface area contributed by atoms with Crippen LogP contribution in [0.2, 0.25) is 5.02 Å². The molecule has 4 rings (SSSR count). The smallest absolute Gasteiger partial charge is 0.186 e. The molecule has 1 aromatic carbocycles. The predicted octanol–water partition coefficient (Wildman–Crippen LogP) is 2.89. The zero-order valence-electron chi connectivity index (χ0n) is 16.1. The number of amidine groups is 1. The van der Waals surface area contributed by atoms with Gasteiger partial charge in [0.1, 0.15) is 24.1 Å². The molecule has 0 saturated heterocycles. The quantitative estimate of drug-likeness (QED) is 0.250. The maximum absolute atomic E-state index is 12.8. The second kappa shape index (κ2) is 8.10. The number of ketones is 1. The van der Waals surface area contributed by atoms with Gasteiger partial charge in [0.05, 0.1) is 6.20 Å². The molecule has 152 valence electrons. The Kier molecular flexibility index (Phi) is 5.35. The average Bonchev–Trinajstić information content (AvgIpc) is 3.37. The number of pyridine rings is 1. The molecule has 9 heteroatoms. The largest absolute Gasteiger partial charge is 0.385 e. The number of Topliss-reactive ketones (excluding diaryl/α,β-unsaturated/α-hetero) is 1. The number of rotatable bonds is 6. The molecular weight excluding hydrogens is 404 g/mol. The van der Waals surface area contributed by atoms with E-state index in [9.17, 15) is 9.90 Å². The average molecular weight is 423 g/mol. The molecule has 1 unspecified atom stereocenters. The third-order valence-electron chi connectivity index (χ3n) is 4.75. The summed E-state index contributed by atoms with van der Waals surface area (Å²) < 4.78 is 1.70. The summed E-state index contributed by atoms with van der Waals surface area (Å²) in [5.74, 6) is -0.328. The van der Waals surface area contributed by atoms with E-state index in [1.807, 2.05) is 19.3 Å². The number of aryl methyl sites for hydroxylation is 1. The van der Waals surface area contributed by atoms with E-state index < -0.39 is 6.10 Å². The number of nitrogens with two attached hydrogens (primary N) is 1. The highest BCUT2D eigenvalue weighted by Crippen LogP contribution is 2.25. The summed E-state index contributed by atoms with van der Waals surface area (Å²) in [6, 6.07) is 8.68. The minimum absolute atomic E-state index is 0.0783. The maximum Gasteiger partial charge on any atom is 0.186 e. The molecule has 0 amide bonds. The molecule has 0 fully saturated rings. The van der Waals surface area contributed by atoms with Crippen LogP contribution in [0.25, 0.3) is 22.2 Å². The number of carbonyl (C=O) groups is 1. The van der Waals surface area contributed by atoms with E-state index in [-0.39, 0.29) is 18.2 Å². The van der Waals surface area contributed by atoms with Crippen LogP contribution in [0, 0.1) is 0 Å². The molecule has 1 atom stereocenters. The fraction of sp³-hybridized carbons (Fsp3) is 0.143. The summed E-state index contributed by atoms with van der Waals surface area (Å²) in [6.45, 7) is -0.211. The van der Waals surface area contributed by atoms with Gasteiger partial charge in [0.25, 0.3) is 0 Å². The van der Waals surface area contributed by atoms with Crippen LogP contribution >= 0.6 is 11.6 Å². The first-order valence-electron chi connectivity index (χ1n) is 9.15. The Morgan fingerprint density at radius 3 is 2.87 bits per heavy atom. The number of carbonyl (C=O) groups excluding carboxylic acids is 1. The lowest BCUT2D eigenvalue weighted by molar-refractivity contribution is 0.100. The van der Waals surface area contributed by atoms with Gasteiger partial charge in [-0.05, 0) is 12.1 Å². The van der Waals surface area contributed by atoms with Gasteiger partial charge in [-0.2, -0.15) is 5.10 Å². The maximum atomic E-state index is 12.8. The highest BCUT2D eigenvalue weighted by atomic mass is 35.5. The number of hydrogen-bond donors (Lipinski definition) is 3. The SMILES string of the molecule is Cn1cc(-c2cnc3[nH]cc(C(=O)CN=C(N)C(O)c4ccccc4Cl)c3c2)cn1. The molecule has 3 heterocycles. The van der Waals surface area contributed by atoms with Gasteiger partial charge in [-0.3, -0.25) is 14.5 Å². The van der Waals surface area contributed by atoms with Crippen LogP contribution < -0.4 is 5.73 Å². The Morgan fingerprint density at radius 2 is 2.13 bits per heavy atom. The van der Waals surface area contributed by atoms with Gasteiger partial charge in [0, 0.05) is 58.3 Å². The minimum Gasteiger partial charge on any atom is -0.385 e. The van der Waals surface area contributed by atoms with E-state index in [1.165, 1.54) is 0 Å². The van der Waals surface area contributed by atoms with Crippen LogP contribution in [-0.2, 0) is 7.05 Å². The molecule has 3 aromatic heterocycles. The van der Waals surface area contributed by atoms with E-state index in [4.69, 9.17) is 17.3 Å². The number of aromatic nitrogens is 4. The van der Waals surface area contributed by atoms with Crippen molar-refractivity contribution in [2.24, 2.45) is 17.8 Å².